The lowest BCUT2D eigenvalue weighted by molar-refractivity contribution is -0.113. The van der Waals surface area contributed by atoms with Crippen LogP contribution in [0.2, 0.25) is 0 Å². The molecule has 2 heterocycles. The highest BCUT2D eigenvalue weighted by Gasteiger charge is 2.19. The number of carbonyl (C=O) groups excluding carboxylic acids is 1. The Morgan fingerprint density at radius 3 is 2.46 bits per heavy atom. The number of aromatic nitrogens is 2. The lowest BCUT2D eigenvalue weighted by Crippen LogP contribution is -2.25. The van der Waals surface area contributed by atoms with Crippen molar-refractivity contribution in [1.82, 2.24) is 9.55 Å². The standard InChI is InChI=1S/C21H25N3O2S2/c1-11(2)24-20(26)17-14(5)15(6)28-19(17)23-21(24)27-10-16(25)22-18-12(3)8-7-9-13(18)4/h7-9,11H,10H2,1-6H3,(H,22,25). The molecule has 1 N–H and O–H groups in total. The highest BCUT2D eigenvalue weighted by Crippen LogP contribution is 2.29. The van der Waals surface area contributed by atoms with Crippen molar-refractivity contribution in [2.45, 2.75) is 52.7 Å². The van der Waals surface area contributed by atoms with E-state index in [1.54, 1.807) is 4.57 Å². The lowest BCUT2D eigenvalue weighted by atomic mass is 10.1. The molecule has 3 rings (SSSR count). The van der Waals surface area contributed by atoms with Gasteiger partial charge in [0.2, 0.25) is 5.91 Å². The van der Waals surface area contributed by atoms with Gasteiger partial charge < -0.3 is 5.32 Å². The zero-order valence-electron chi connectivity index (χ0n) is 17.0. The van der Waals surface area contributed by atoms with Gasteiger partial charge in [-0.2, -0.15) is 0 Å². The predicted octanol–water partition coefficient (Wildman–Crippen LogP) is 5.00. The molecule has 2 aromatic heterocycles. The number of aryl methyl sites for hydroxylation is 4. The highest BCUT2D eigenvalue weighted by atomic mass is 32.2. The maximum absolute atomic E-state index is 13.1. The molecule has 1 aromatic carbocycles. The lowest BCUT2D eigenvalue weighted by Gasteiger charge is -2.16. The number of fused-ring (bicyclic) bond motifs is 1. The van der Waals surface area contributed by atoms with Crippen molar-refractivity contribution >= 4 is 44.9 Å². The number of rotatable bonds is 5. The SMILES string of the molecule is Cc1cccc(C)c1NC(=O)CSc1nc2sc(C)c(C)c2c(=O)n1C(C)C. The Morgan fingerprint density at radius 1 is 1.21 bits per heavy atom. The van der Waals surface area contributed by atoms with Crippen LogP contribution in [0, 0.1) is 27.7 Å². The van der Waals surface area contributed by atoms with Gasteiger partial charge in [-0.1, -0.05) is 30.0 Å². The average Bonchev–Trinajstić information content (AvgIpc) is 2.90. The third-order valence-corrected chi connectivity index (χ3v) is 6.85. The van der Waals surface area contributed by atoms with Crippen molar-refractivity contribution in [3.63, 3.8) is 0 Å². The molecule has 0 unspecified atom stereocenters. The Bertz CT molecular complexity index is 1090. The van der Waals surface area contributed by atoms with Crippen molar-refractivity contribution in [2.75, 3.05) is 11.1 Å². The number of thiophene rings is 1. The van der Waals surface area contributed by atoms with Crippen LogP contribution in [0.5, 0.6) is 0 Å². The summed E-state index contributed by atoms with van der Waals surface area (Å²) in [7, 11) is 0. The number of nitrogens with zero attached hydrogens (tertiary/aromatic N) is 2. The van der Waals surface area contributed by atoms with E-state index in [1.807, 2.05) is 59.7 Å². The fourth-order valence-corrected chi connectivity index (χ4v) is 5.16. The third-order valence-electron chi connectivity index (χ3n) is 4.80. The average molecular weight is 416 g/mol. The van der Waals surface area contributed by atoms with Crippen LogP contribution < -0.4 is 10.9 Å². The molecular weight excluding hydrogens is 390 g/mol. The third kappa shape index (κ3) is 3.86. The van der Waals surface area contributed by atoms with Gasteiger partial charge in [0.05, 0.1) is 11.1 Å². The molecule has 5 nitrogen and oxygen atoms in total. The van der Waals surface area contributed by atoms with Crippen molar-refractivity contribution < 1.29 is 4.79 Å². The van der Waals surface area contributed by atoms with E-state index in [9.17, 15) is 9.59 Å². The minimum Gasteiger partial charge on any atom is -0.325 e. The molecule has 0 radical (unpaired) electrons. The van der Waals surface area contributed by atoms with Gasteiger partial charge in [-0.15, -0.1) is 11.3 Å². The zero-order valence-corrected chi connectivity index (χ0v) is 18.7. The van der Waals surface area contributed by atoms with E-state index in [2.05, 4.69) is 5.32 Å². The summed E-state index contributed by atoms with van der Waals surface area (Å²) in [4.78, 5) is 32.2. The van der Waals surface area contributed by atoms with E-state index in [0.29, 0.717) is 10.5 Å². The predicted molar refractivity (Wildman–Crippen MR) is 119 cm³/mol. The number of carbonyl (C=O) groups is 1. The molecule has 148 valence electrons. The first-order chi connectivity index (χ1) is 13.2. The number of hydrogen-bond donors (Lipinski definition) is 1. The van der Waals surface area contributed by atoms with Crippen LogP contribution in [-0.2, 0) is 4.79 Å². The van der Waals surface area contributed by atoms with Crippen LogP contribution in [0.4, 0.5) is 5.69 Å². The fraction of sp³-hybridized carbons (Fsp3) is 0.381. The highest BCUT2D eigenvalue weighted by molar-refractivity contribution is 7.99. The van der Waals surface area contributed by atoms with Gasteiger partial charge in [-0.25, -0.2) is 4.98 Å². The second kappa shape index (κ2) is 8.09. The van der Waals surface area contributed by atoms with Crippen LogP contribution in [0.15, 0.2) is 28.2 Å². The van der Waals surface area contributed by atoms with E-state index in [4.69, 9.17) is 4.98 Å². The van der Waals surface area contributed by atoms with Gasteiger partial charge >= 0.3 is 0 Å². The molecule has 0 aliphatic carbocycles. The Morgan fingerprint density at radius 2 is 1.86 bits per heavy atom. The Hall–Kier alpha value is -2.12. The summed E-state index contributed by atoms with van der Waals surface area (Å²) in [6, 6.07) is 5.89. The van der Waals surface area contributed by atoms with Crippen molar-refractivity contribution in [2.24, 2.45) is 0 Å². The summed E-state index contributed by atoms with van der Waals surface area (Å²) in [5.74, 6) is 0.0903. The molecule has 3 aromatic rings. The monoisotopic (exact) mass is 415 g/mol. The number of hydrogen-bond acceptors (Lipinski definition) is 5. The summed E-state index contributed by atoms with van der Waals surface area (Å²) in [5, 5.41) is 4.27. The Labute approximate surface area is 173 Å². The molecule has 0 bridgehead atoms. The maximum Gasteiger partial charge on any atom is 0.263 e. The number of nitrogens with one attached hydrogen (secondary N) is 1. The number of benzene rings is 1. The van der Waals surface area contributed by atoms with Crippen molar-refractivity contribution in [3.05, 3.63) is 50.1 Å². The number of thioether (sulfide) groups is 1. The van der Waals surface area contributed by atoms with Gasteiger partial charge in [-0.3, -0.25) is 14.2 Å². The first kappa shape index (κ1) is 20.6. The maximum atomic E-state index is 13.1. The number of amides is 1. The summed E-state index contributed by atoms with van der Waals surface area (Å²) in [6.45, 7) is 11.8. The van der Waals surface area contributed by atoms with Crippen molar-refractivity contribution in [1.29, 1.82) is 0 Å². The molecule has 1 amide bonds. The summed E-state index contributed by atoms with van der Waals surface area (Å²) in [5.41, 5.74) is 3.88. The molecule has 7 heteroatoms. The van der Waals surface area contributed by atoms with Gasteiger partial charge in [0.15, 0.2) is 5.16 Å². The van der Waals surface area contributed by atoms with E-state index in [-0.39, 0.29) is 23.3 Å². The quantitative estimate of drug-likeness (QED) is 0.470. The minimum absolute atomic E-state index is 0.0282. The van der Waals surface area contributed by atoms with Gasteiger partial charge in [-0.05, 0) is 58.2 Å². The minimum atomic E-state index is -0.106. The first-order valence-electron chi connectivity index (χ1n) is 9.21. The first-order valence-corrected chi connectivity index (χ1v) is 11.0. The van der Waals surface area contributed by atoms with Crippen LogP contribution in [0.3, 0.4) is 0 Å². The van der Waals surface area contributed by atoms with Gasteiger partial charge in [0.25, 0.3) is 5.56 Å². The van der Waals surface area contributed by atoms with Crippen molar-refractivity contribution in [3.8, 4) is 0 Å². The van der Waals surface area contributed by atoms with Crippen LogP contribution in [-0.4, -0.2) is 21.2 Å². The van der Waals surface area contributed by atoms with Crippen LogP contribution in [0.1, 0.15) is 41.5 Å². The van der Waals surface area contributed by atoms with Gasteiger partial charge in [0, 0.05) is 16.6 Å². The molecule has 0 fully saturated rings. The Balaban J connectivity index is 1.89. The molecule has 0 saturated heterocycles. The largest absolute Gasteiger partial charge is 0.325 e. The summed E-state index contributed by atoms with van der Waals surface area (Å²) < 4.78 is 1.69. The van der Waals surface area contributed by atoms with Gasteiger partial charge in [0.1, 0.15) is 4.83 Å². The van der Waals surface area contributed by atoms with E-state index in [0.717, 1.165) is 32.1 Å². The molecule has 0 aliphatic rings. The molecule has 28 heavy (non-hydrogen) atoms. The molecule has 0 aliphatic heterocycles. The second-order valence-electron chi connectivity index (χ2n) is 7.23. The second-order valence-corrected chi connectivity index (χ2v) is 9.38. The van der Waals surface area contributed by atoms with E-state index >= 15 is 0 Å². The molecular formula is C21H25N3O2S2. The topological polar surface area (TPSA) is 64.0 Å². The smallest absolute Gasteiger partial charge is 0.263 e. The van der Waals surface area contributed by atoms with E-state index < -0.39 is 0 Å². The van der Waals surface area contributed by atoms with Crippen LogP contribution in [0.25, 0.3) is 10.2 Å². The van der Waals surface area contributed by atoms with E-state index in [1.165, 1.54) is 23.1 Å². The zero-order chi connectivity index (χ0) is 20.6. The molecule has 0 spiro atoms. The summed E-state index contributed by atoms with van der Waals surface area (Å²) >= 11 is 2.84. The Kier molecular flexibility index (Phi) is 5.95. The van der Waals surface area contributed by atoms with Crippen LogP contribution >= 0.6 is 23.1 Å². The molecule has 0 atom stereocenters. The number of para-hydroxylation sites is 1. The molecule has 0 saturated carbocycles. The fourth-order valence-electron chi connectivity index (χ4n) is 3.16. The normalized spacial score (nSPS) is 11.4. The summed E-state index contributed by atoms with van der Waals surface area (Å²) in [6.07, 6.45) is 0. The number of anilines is 1.